The van der Waals surface area contributed by atoms with Gasteiger partial charge in [-0.2, -0.15) is 5.10 Å². The highest BCUT2D eigenvalue weighted by Gasteiger charge is 2.36. The van der Waals surface area contributed by atoms with Crippen LogP contribution < -0.4 is 10.6 Å². The lowest BCUT2D eigenvalue weighted by Crippen LogP contribution is -2.54. The number of aromatic nitrogens is 2. The molecule has 0 radical (unpaired) electrons. The summed E-state index contributed by atoms with van der Waals surface area (Å²) in [5.41, 5.74) is 4.94. The Morgan fingerprint density at radius 2 is 1.66 bits per heavy atom. The maximum atomic E-state index is 14.1. The molecule has 3 fully saturated rings. The topological polar surface area (TPSA) is 126 Å². The molecule has 250 valence electrons. The van der Waals surface area contributed by atoms with Crippen LogP contribution in [-0.4, -0.2) is 125 Å². The molecule has 1 atom stereocenters. The number of aryl methyl sites for hydroxylation is 1. The molecule has 0 saturated carbocycles. The molecule has 4 aliphatic heterocycles. The summed E-state index contributed by atoms with van der Waals surface area (Å²) < 4.78 is 6.11. The van der Waals surface area contributed by atoms with Crippen LogP contribution in [0.15, 0.2) is 42.6 Å². The zero-order valence-corrected chi connectivity index (χ0v) is 27.2. The third kappa shape index (κ3) is 6.94. The Morgan fingerprint density at radius 1 is 0.936 bits per heavy atom. The van der Waals surface area contributed by atoms with Gasteiger partial charge in [0.05, 0.1) is 11.7 Å². The highest BCUT2D eigenvalue weighted by molar-refractivity contribution is 5.91. The number of H-pyrrole nitrogens is 1. The number of carbonyl (C=O) groups is 3. The molecule has 4 amide bonds. The summed E-state index contributed by atoms with van der Waals surface area (Å²) >= 11 is 0. The quantitative estimate of drug-likeness (QED) is 0.377. The van der Waals surface area contributed by atoms with Crippen LogP contribution in [0.3, 0.4) is 0 Å². The van der Waals surface area contributed by atoms with Gasteiger partial charge in [0.2, 0.25) is 0 Å². The molecule has 3 N–H and O–H groups in total. The molecule has 0 aliphatic carbocycles. The fraction of sp³-hybridized carbons (Fsp3) is 0.543. The van der Waals surface area contributed by atoms with Gasteiger partial charge in [-0.3, -0.25) is 14.8 Å². The van der Waals surface area contributed by atoms with Crippen LogP contribution in [0.2, 0.25) is 0 Å². The number of ether oxygens (including phenoxy) is 1. The van der Waals surface area contributed by atoms with Crippen molar-refractivity contribution in [2.24, 2.45) is 0 Å². The smallest absolute Gasteiger partial charge is 0.410 e. The summed E-state index contributed by atoms with van der Waals surface area (Å²) in [5, 5.41) is 14.7. The maximum absolute atomic E-state index is 14.1. The molecule has 0 bridgehead atoms. The highest BCUT2D eigenvalue weighted by atomic mass is 16.6. The Balaban J connectivity index is 1.00. The minimum absolute atomic E-state index is 0.0347. The molecular weight excluding hydrogens is 596 g/mol. The number of aromatic amines is 1. The first-order chi connectivity index (χ1) is 22.9. The molecule has 12 heteroatoms. The molecule has 1 aromatic heterocycles. The number of para-hydroxylation sites is 1. The number of fused-ring (bicyclic) bond motifs is 2. The average molecular weight is 643 g/mol. The Bertz CT molecular complexity index is 1590. The van der Waals surface area contributed by atoms with E-state index < -0.39 is 12.2 Å². The minimum Gasteiger partial charge on any atom is -0.436 e. The Kier molecular flexibility index (Phi) is 9.30. The standard InChI is InChI=1S/C35H46N8O4/c1-24-20-25(21-27-23-37-39-32(24)27)22-31(33(44)41-13-7-28(8-14-41)40-18-11-36-12-19-40)47-35(46)42-15-9-29(10-16-42)43-17-6-26-4-2-3-5-30(26)38-34(43)45/h2-5,20-21,23,28-29,31,36H,6-19,22H2,1H3,(H,37,39)(H,38,45)/t31-/m1/s1. The lowest BCUT2D eigenvalue weighted by atomic mass is 9.99. The lowest BCUT2D eigenvalue weighted by Gasteiger charge is -2.41. The van der Waals surface area contributed by atoms with Crippen LogP contribution in [0.1, 0.15) is 42.4 Å². The van der Waals surface area contributed by atoms with Gasteiger partial charge >= 0.3 is 12.1 Å². The van der Waals surface area contributed by atoms with Crippen molar-refractivity contribution in [3.63, 3.8) is 0 Å². The van der Waals surface area contributed by atoms with Crippen molar-refractivity contribution in [1.29, 1.82) is 0 Å². The van der Waals surface area contributed by atoms with Gasteiger partial charge in [0.1, 0.15) is 0 Å². The summed E-state index contributed by atoms with van der Waals surface area (Å²) in [6.45, 7) is 9.02. The van der Waals surface area contributed by atoms with Crippen LogP contribution in [0.4, 0.5) is 15.3 Å². The van der Waals surface area contributed by atoms with Crippen molar-refractivity contribution in [3.05, 3.63) is 59.3 Å². The predicted octanol–water partition coefficient (Wildman–Crippen LogP) is 3.37. The normalized spacial score (nSPS) is 20.9. The van der Waals surface area contributed by atoms with E-state index in [1.165, 1.54) is 0 Å². The molecule has 12 nitrogen and oxygen atoms in total. The second-order valence-corrected chi connectivity index (χ2v) is 13.4. The predicted molar refractivity (Wildman–Crippen MR) is 179 cm³/mol. The van der Waals surface area contributed by atoms with Crippen molar-refractivity contribution in [2.75, 3.05) is 64.2 Å². The number of nitrogens with one attached hydrogen (secondary N) is 3. The van der Waals surface area contributed by atoms with Gasteiger partial charge < -0.3 is 30.1 Å². The van der Waals surface area contributed by atoms with E-state index in [2.05, 4.69) is 31.8 Å². The summed E-state index contributed by atoms with van der Waals surface area (Å²) in [6.07, 6.45) is 4.65. The molecule has 0 unspecified atom stereocenters. The van der Waals surface area contributed by atoms with Gasteiger partial charge in [0, 0.05) is 88.5 Å². The van der Waals surface area contributed by atoms with Crippen LogP contribution in [-0.2, 0) is 22.4 Å². The van der Waals surface area contributed by atoms with Crippen LogP contribution >= 0.6 is 0 Å². The highest BCUT2D eigenvalue weighted by Crippen LogP contribution is 2.26. The number of amides is 4. The molecule has 3 aromatic rings. The molecule has 0 spiro atoms. The number of benzene rings is 2. The van der Waals surface area contributed by atoms with E-state index in [0.717, 1.165) is 78.7 Å². The van der Waals surface area contributed by atoms with Gasteiger partial charge in [-0.25, -0.2) is 9.59 Å². The van der Waals surface area contributed by atoms with Crippen LogP contribution in [0.25, 0.3) is 10.9 Å². The largest absolute Gasteiger partial charge is 0.436 e. The molecule has 7 rings (SSSR count). The van der Waals surface area contributed by atoms with Crippen molar-refractivity contribution in [2.45, 2.75) is 63.6 Å². The monoisotopic (exact) mass is 642 g/mol. The zero-order valence-electron chi connectivity index (χ0n) is 27.2. The summed E-state index contributed by atoms with van der Waals surface area (Å²) in [6, 6.07) is 12.4. The van der Waals surface area contributed by atoms with Gasteiger partial charge in [-0.1, -0.05) is 24.3 Å². The number of hydrogen-bond donors (Lipinski definition) is 3. The fourth-order valence-corrected chi connectivity index (χ4v) is 7.82. The number of piperazine rings is 1. The Labute approximate surface area is 275 Å². The van der Waals surface area contributed by atoms with Gasteiger partial charge in [-0.15, -0.1) is 0 Å². The number of hydrogen-bond acceptors (Lipinski definition) is 7. The van der Waals surface area contributed by atoms with E-state index in [4.69, 9.17) is 4.74 Å². The van der Waals surface area contributed by atoms with Crippen molar-refractivity contribution >= 4 is 34.6 Å². The second-order valence-electron chi connectivity index (χ2n) is 13.4. The van der Waals surface area contributed by atoms with Gasteiger partial charge in [0.25, 0.3) is 5.91 Å². The third-order valence-electron chi connectivity index (χ3n) is 10.5. The molecule has 3 saturated heterocycles. The van der Waals surface area contributed by atoms with E-state index in [0.29, 0.717) is 58.0 Å². The van der Waals surface area contributed by atoms with E-state index in [1.807, 2.05) is 47.1 Å². The van der Waals surface area contributed by atoms with Crippen molar-refractivity contribution in [1.82, 2.24) is 35.1 Å². The fourth-order valence-electron chi connectivity index (χ4n) is 7.82. The number of piperidine rings is 2. The van der Waals surface area contributed by atoms with E-state index in [-0.39, 0.29) is 18.0 Å². The lowest BCUT2D eigenvalue weighted by molar-refractivity contribution is -0.142. The summed E-state index contributed by atoms with van der Waals surface area (Å²) in [4.78, 5) is 48.8. The number of carbonyl (C=O) groups excluding carboxylic acids is 3. The van der Waals surface area contributed by atoms with Gasteiger partial charge in [0.15, 0.2) is 6.10 Å². The Morgan fingerprint density at radius 3 is 2.45 bits per heavy atom. The molecule has 2 aromatic carbocycles. The number of anilines is 1. The van der Waals surface area contributed by atoms with Gasteiger partial charge in [-0.05, 0) is 67.9 Å². The second kappa shape index (κ2) is 13.9. The minimum atomic E-state index is -0.922. The molecule has 5 heterocycles. The number of likely N-dealkylation sites (tertiary alicyclic amines) is 2. The van der Waals surface area contributed by atoms with Crippen molar-refractivity contribution in [3.8, 4) is 0 Å². The van der Waals surface area contributed by atoms with Crippen molar-refractivity contribution < 1.29 is 19.1 Å². The van der Waals surface area contributed by atoms with E-state index >= 15 is 0 Å². The number of urea groups is 1. The average Bonchev–Trinajstić information content (AvgIpc) is 3.52. The first-order valence-electron chi connectivity index (χ1n) is 17.2. The van der Waals surface area contributed by atoms with Crippen LogP contribution in [0.5, 0.6) is 0 Å². The SMILES string of the molecule is Cc1cc(C[C@@H](OC(=O)N2CCC(N3CCc4ccccc4NC3=O)CC2)C(=O)N2CCC(N3CCNCC3)CC2)cc2cn[nH]c12. The number of nitrogens with zero attached hydrogens (tertiary/aromatic N) is 5. The zero-order chi connectivity index (χ0) is 32.3. The maximum Gasteiger partial charge on any atom is 0.410 e. The summed E-state index contributed by atoms with van der Waals surface area (Å²) in [7, 11) is 0. The molecule has 4 aliphatic rings. The first-order valence-corrected chi connectivity index (χ1v) is 17.2. The molecular formula is C35H46N8O4. The third-order valence-corrected chi connectivity index (χ3v) is 10.5. The molecule has 47 heavy (non-hydrogen) atoms. The first kappa shape index (κ1) is 31.4. The summed E-state index contributed by atoms with van der Waals surface area (Å²) in [5.74, 6) is -0.127. The van der Waals surface area contributed by atoms with E-state index in [9.17, 15) is 14.4 Å². The Hall–Kier alpha value is -4.16. The van der Waals surface area contributed by atoms with E-state index in [1.54, 1.807) is 11.1 Å². The van der Waals surface area contributed by atoms with Crippen LogP contribution in [0, 0.1) is 6.92 Å². The number of rotatable bonds is 6.